The first kappa shape index (κ1) is 11.8. The molecule has 3 aliphatic rings. The minimum absolute atomic E-state index is 0.641. The molecule has 96 valence electrons. The summed E-state index contributed by atoms with van der Waals surface area (Å²) in [7, 11) is 0. The van der Waals surface area contributed by atoms with Gasteiger partial charge in [-0.15, -0.1) is 0 Å². The Balaban J connectivity index is 1.44. The summed E-state index contributed by atoms with van der Waals surface area (Å²) < 4.78 is 0. The normalized spacial score (nSPS) is 37.1. The Kier molecular flexibility index (Phi) is 3.55. The Morgan fingerprint density at radius 3 is 2.35 bits per heavy atom. The SMILES string of the molecule is S=C(NC1CCCCC1)N[C@H]1C[C@@H]2CC[C@@H]1C2. The molecule has 0 saturated heterocycles. The summed E-state index contributed by atoms with van der Waals surface area (Å²) in [4.78, 5) is 0. The highest BCUT2D eigenvalue weighted by atomic mass is 32.1. The van der Waals surface area contributed by atoms with Crippen molar-refractivity contribution in [3.63, 3.8) is 0 Å². The molecule has 2 nitrogen and oxygen atoms in total. The predicted octanol–water partition coefficient (Wildman–Crippen LogP) is 2.97. The summed E-state index contributed by atoms with van der Waals surface area (Å²) in [6.45, 7) is 0. The van der Waals surface area contributed by atoms with Crippen LogP contribution in [0, 0.1) is 11.8 Å². The van der Waals surface area contributed by atoms with Crippen molar-refractivity contribution in [1.29, 1.82) is 0 Å². The van der Waals surface area contributed by atoms with E-state index in [4.69, 9.17) is 12.2 Å². The highest BCUT2D eigenvalue weighted by molar-refractivity contribution is 7.80. The molecule has 0 amide bonds. The van der Waals surface area contributed by atoms with Crippen LogP contribution in [-0.2, 0) is 0 Å². The molecule has 3 atom stereocenters. The van der Waals surface area contributed by atoms with Crippen LogP contribution in [0.1, 0.15) is 57.8 Å². The molecule has 3 rings (SSSR count). The average Bonchev–Trinajstić information content (AvgIpc) is 2.92. The third kappa shape index (κ3) is 2.75. The Labute approximate surface area is 110 Å². The average molecular weight is 252 g/mol. The van der Waals surface area contributed by atoms with Gasteiger partial charge in [0.15, 0.2) is 5.11 Å². The van der Waals surface area contributed by atoms with E-state index < -0.39 is 0 Å². The maximum absolute atomic E-state index is 5.46. The van der Waals surface area contributed by atoms with Crippen molar-refractivity contribution >= 4 is 17.3 Å². The van der Waals surface area contributed by atoms with Crippen LogP contribution in [0.5, 0.6) is 0 Å². The summed E-state index contributed by atoms with van der Waals surface area (Å²) in [6, 6.07) is 1.32. The first-order chi connectivity index (χ1) is 8.31. The monoisotopic (exact) mass is 252 g/mol. The fourth-order valence-corrected chi connectivity index (χ4v) is 4.38. The van der Waals surface area contributed by atoms with Gasteiger partial charge in [-0.25, -0.2) is 0 Å². The van der Waals surface area contributed by atoms with E-state index in [1.54, 1.807) is 0 Å². The number of nitrogens with one attached hydrogen (secondary N) is 2. The minimum atomic E-state index is 0.641. The molecule has 3 saturated carbocycles. The van der Waals surface area contributed by atoms with E-state index >= 15 is 0 Å². The summed E-state index contributed by atoms with van der Waals surface area (Å²) in [5.74, 6) is 1.90. The Morgan fingerprint density at radius 2 is 1.71 bits per heavy atom. The first-order valence-corrected chi connectivity index (χ1v) is 7.79. The van der Waals surface area contributed by atoms with Crippen molar-refractivity contribution < 1.29 is 0 Å². The van der Waals surface area contributed by atoms with Crippen molar-refractivity contribution in [3.05, 3.63) is 0 Å². The Hall–Kier alpha value is -0.310. The predicted molar refractivity (Wildman–Crippen MR) is 75.0 cm³/mol. The summed E-state index contributed by atoms with van der Waals surface area (Å²) in [6.07, 6.45) is 12.4. The third-order valence-corrected chi connectivity index (χ3v) is 5.23. The highest BCUT2D eigenvalue weighted by Gasteiger charge is 2.39. The van der Waals surface area contributed by atoms with Crippen LogP contribution in [0.25, 0.3) is 0 Å². The van der Waals surface area contributed by atoms with Gasteiger partial charge in [0, 0.05) is 12.1 Å². The number of rotatable bonds is 2. The molecule has 3 fully saturated rings. The molecular formula is C14H24N2S. The summed E-state index contributed by atoms with van der Waals surface area (Å²) in [5, 5.41) is 8.03. The van der Waals surface area contributed by atoms with Gasteiger partial charge in [-0.2, -0.15) is 0 Å². The standard InChI is InChI=1S/C14H24N2S/c17-14(15-12-4-2-1-3-5-12)16-13-9-10-6-7-11(13)8-10/h10-13H,1-9H2,(H2,15,16,17)/t10-,11-,13+/m1/s1. The molecule has 0 aliphatic heterocycles. The lowest BCUT2D eigenvalue weighted by Crippen LogP contribution is -2.48. The molecule has 17 heavy (non-hydrogen) atoms. The van der Waals surface area contributed by atoms with Gasteiger partial charge >= 0.3 is 0 Å². The third-order valence-electron chi connectivity index (χ3n) is 4.99. The zero-order chi connectivity index (χ0) is 11.7. The van der Waals surface area contributed by atoms with E-state index in [1.165, 1.54) is 57.8 Å². The van der Waals surface area contributed by atoms with Crippen LogP contribution < -0.4 is 10.6 Å². The molecular weight excluding hydrogens is 228 g/mol. The molecule has 0 unspecified atom stereocenters. The molecule has 0 radical (unpaired) electrons. The smallest absolute Gasteiger partial charge is 0.166 e. The van der Waals surface area contributed by atoms with Gasteiger partial charge in [-0.3, -0.25) is 0 Å². The van der Waals surface area contributed by atoms with Crippen molar-refractivity contribution in [2.45, 2.75) is 69.9 Å². The van der Waals surface area contributed by atoms with Crippen LogP contribution >= 0.6 is 12.2 Å². The first-order valence-electron chi connectivity index (χ1n) is 7.38. The molecule has 0 spiro atoms. The summed E-state index contributed by atoms with van der Waals surface area (Å²) in [5.41, 5.74) is 0. The fourth-order valence-electron chi connectivity index (χ4n) is 4.06. The van der Waals surface area contributed by atoms with E-state index in [0.717, 1.165) is 16.9 Å². The fraction of sp³-hybridized carbons (Fsp3) is 0.929. The van der Waals surface area contributed by atoms with E-state index in [0.29, 0.717) is 12.1 Å². The van der Waals surface area contributed by atoms with Gasteiger partial charge in [-0.05, 0) is 56.2 Å². The van der Waals surface area contributed by atoms with Gasteiger partial charge in [0.1, 0.15) is 0 Å². The number of fused-ring (bicyclic) bond motifs is 2. The van der Waals surface area contributed by atoms with Gasteiger partial charge in [0.25, 0.3) is 0 Å². The highest BCUT2D eigenvalue weighted by Crippen LogP contribution is 2.44. The minimum Gasteiger partial charge on any atom is -0.360 e. The van der Waals surface area contributed by atoms with E-state index in [-0.39, 0.29) is 0 Å². The van der Waals surface area contributed by atoms with Crippen LogP contribution in [-0.4, -0.2) is 17.2 Å². The lowest BCUT2D eigenvalue weighted by Gasteiger charge is -2.28. The topological polar surface area (TPSA) is 24.1 Å². The van der Waals surface area contributed by atoms with Crippen LogP contribution in [0.15, 0.2) is 0 Å². The van der Waals surface area contributed by atoms with E-state index in [2.05, 4.69) is 10.6 Å². The van der Waals surface area contributed by atoms with Gasteiger partial charge in [-0.1, -0.05) is 25.7 Å². The maximum atomic E-state index is 5.46. The quantitative estimate of drug-likeness (QED) is 0.739. The number of hydrogen-bond acceptors (Lipinski definition) is 1. The summed E-state index contributed by atoms with van der Waals surface area (Å²) >= 11 is 5.46. The largest absolute Gasteiger partial charge is 0.360 e. The molecule has 2 bridgehead atoms. The lowest BCUT2D eigenvalue weighted by molar-refractivity contribution is 0.378. The van der Waals surface area contributed by atoms with E-state index in [1.807, 2.05) is 0 Å². The van der Waals surface area contributed by atoms with Crippen molar-refractivity contribution in [2.24, 2.45) is 11.8 Å². The van der Waals surface area contributed by atoms with Crippen LogP contribution in [0.3, 0.4) is 0 Å². The maximum Gasteiger partial charge on any atom is 0.166 e. The van der Waals surface area contributed by atoms with Crippen molar-refractivity contribution in [3.8, 4) is 0 Å². The lowest BCUT2D eigenvalue weighted by atomic mass is 9.95. The van der Waals surface area contributed by atoms with Crippen molar-refractivity contribution in [1.82, 2.24) is 10.6 Å². The molecule has 3 aliphatic carbocycles. The molecule has 0 aromatic heterocycles. The molecule has 3 heteroatoms. The van der Waals surface area contributed by atoms with Gasteiger partial charge in [0.2, 0.25) is 0 Å². The molecule has 0 heterocycles. The molecule has 2 N–H and O–H groups in total. The number of thiocarbonyl (C=S) groups is 1. The second kappa shape index (κ2) is 5.13. The Bertz CT molecular complexity index is 286. The Morgan fingerprint density at radius 1 is 0.882 bits per heavy atom. The van der Waals surface area contributed by atoms with Crippen LogP contribution in [0.2, 0.25) is 0 Å². The molecule has 0 aromatic carbocycles. The zero-order valence-electron chi connectivity index (χ0n) is 10.6. The van der Waals surface area contributed by atoms with Crippen LogP contribution in [0.4, 0.5) is 0 Å². The number of hydrogen-bond donors (Lipinski definition) is 2. The van der Waals surface area contributed by atoms with Crippen molar-refractivity contribution in [2.75, 3.05) is 0 Å². The second-order valence-electron chi connectivity index (χ2n) is 6.23. The van der Waals surface area contributed by atoms with E-state index in [9.17, 15) is 0 Å². The molecule has 0 aromatic rings. The van der Waals surface area contributed by atoms with Gasteiger partial charge in [0.05, 0.1) is 0 Å². The zero-order valence-corrected chi connectivity index (χ0v) is 11.4. The second-order valence-corrected chi connectivity index (χ2v) is 6.64. The van der Waals surface area contributed by atoms with Gasteiger partial charge < -0.3 is 10.6 Å².